The number of hydrogen-bond acceptors (Lipinski definition) is 3. The fourth-order valence-corrected chi connectivity index (χ4v) is 2.41. The van der Waals surface area contributed by atoms with Gasteiger partial charge in [-0.05, 0) is 19.4 Å². The van der Waals surface area contributed by atoms with Crippen molar-refractivity contribution in [3.63, 3.8) is 0 Å². The number of nitrogens with one attached hydrogen (secondary N) is 1. The van der Waals surface area contributed by atoms with Crippen LogP contribution < -0.4 is 61.8 Å². The topological polar surface area (TPSA) is 52.2 Å². The molecule has 0 atom stereocenters. The molecule has 120 valence electrons. The molecule has 3 nitrogen and oxygen atoms in total. The van der Waals surface area contributed by atoms with Gasteiger partial charge in [0.25, 0.3) is 0 Å². The van der Waals surface area contributed by atoms with Crippen molar-refractivity contribution in [2.45, 2.75) is 90.4 Å². The van der Waals surface area contributed by atoms with Crippen LogP contribution in [0.1, 0.15) is 90.4 Å². The fraction of sp³-hybridized carbons (Fsp3) is 0.941. The van der Waals surface area contributed by atoms with Crippen molar-refractivity contribution in [3.05, 3.63) is 0 Å². The van der Waals surface area contributed by atoms with Gasteiger partial charge in [-0.2, -0.15) is 0 Å². The second-order valence-corrected chi connectivity index (χ2v) is 5.76. The van der Waals surface area contributed by atoms with Gasteiger partial charge in [-0.3, -0.25) is 0 Å². The molecule has 0 aromatic rings. The molecule has 4 heteroatoms. The first kappa shape index (κ1) is 24.3. The SMILES string of the molecule is CCCCCCCCCCCCCCNCCC(=O)[O-].[K+]. The normalized spacial score (nSPS) is 10.3. The van der Waals surface area contributed by atoms with Crippen LogP contribution in [0.2, 0.25) is 0 Å². The van der Waals surface area contributed by atoms with E-state index in [0.717, 1.165) is 13.0 Å². The molecule has 0 aliphatic carbocycles. The molecule has 0 heterocycles. The van der Waals surface area contributed by atoms with Crippen molar-refractivity contribution in [2.75, 3.05) is 13.1 Å². The summed E-state index contributed by atoms with van der Waals surface area (Å²) >= 11 is 0. The zero-order valence-electron chi connectivity index (χ0n) is 14.4. The Balaban J connectivity index is 0. The van der Waals surface area contributed by atoms with Crippen molar-refractivity contribution in [1.29, 1.82) is 0 Å². The molecule has 0 saturated carbocycles. The molecule has 0 aromatic heterocycles. The van der Waals surface area contributed by atoms with Gasteiger partial charge in [-0.15, -0.1) is 0 Å². The summed E-state index contributed by atoms with van der Waals surface area (Å²) in [5.41, 5.74) is 0. The minimum Gasteiger partial charge on any atom is -0.550 e. The smallest absolute Gasteiger partial charge is 0.550 e. The second-order valence-electron chi connectivity index (χ2n) is 5.76. The number of carboxylic acid groups (broad SMARTS) is 1. The summed E-state index contributed by atoms with van der Waals surface area (Å²) in [5.74, 6) is -0.966. The van der Waals surface area contributed by atoms with E-state index in [9.17, 15) is 9.90 Å². The maximum absolute atomic E-state index is 10.2. The summed E-state index contributed by atoms with van der Waals surface area (Å²) in [4.78, 5) is 10.2. The van der Waals surface area contributed by atoms with Gasteiger partial charge in [0.1, 0.15) is 0 Å². The van der Waals surface area contributed by atoms with E-state index >= 15 is 0 Å². The Labute approximate surface area is 174 Å². The second kappa shape index (κ2) is 21.1. The third-order valence-corrected chi connectivity index (χ3v) is 3.71. The predicted molar refractivity (Wildman–Crippen MR) is 83.6 cm³/mol. The maximum Gasteiger partial charge on any atom is 1.00 e. The Hall–Kier alpha value is 1.07. The number of carbonyl (C=O) groups excluding carboxylic acids is 1. The van der Waals surface area contributed by atoms with E-state index in [1.54, 1.807) is 0 Å². The van der Waals surface area contributed by atoms with Crippen LogP contribution in [0, 0.1) is 0 Å². The Bertz CT molecular complexity index is 213. The summed E-state index contributed by atoms with van der Waals surface area (Å²) in [6.07, 6.45) is 16.4. The van der Waals surface area contributed by atoms with E-state index in [2.05, 4.69) is 12.2 Å². The largest absolute Gasteiger partial charge is 1.00 e. The number of carboxylic acids is 1. The molecule has 0 aliphatic heterocycles. The van der Waals surface area contributed by atoms with Crippen LogP contribution in [0.15, 0.2) is 0 Å². The molecule has 0 fully saturated rings. The molecular formula is C17H34KNO2. The predicted octanol–water partition coefficient (Wildman–Crippen LogP) is 0.421. The first-order chi connectivity index (χ1) is 9.77. The third kappa shape index (κ3) is 23.5. The van der Waals surface area contributed by atoms with Gasteiger partial charge in [-0.25, -0.2) is 0 Å². The monoisotopic (exact) mass is 323 g/mol. The maximum atomic E-state index is 10.2. The van der Waals surface area contributed by atoms with Crippen molar-refractivity contribution in [3.8, 4) is 0 Å². The van der Waals surface area contributed by atoms with Crippen molar-refractivity contribution in [2.24, 2.45) is 0 Å². The minimum absolute atomic E-state index is 0. The molecule has 1 N–H and O–H groups in total. The number of carbonyl (C=O) groups is 1. The van der Waals surface area contributed by atoms with E-state index in [4.69, 9.17) is 0 Å². The minimum atomic E-state index is -0.966. The number of aliphatic carboxylic acids is 1. The average molecular weight is 324 g/mol. The molecule has 0 amide bonds. The van der Waals surface area contributed by atoms with E-state index < -0.39 is 5.97 Å². The molecule has 0 rings (SSSR count). The Kier molecular flexibility index (Phi) is 24.4. The van der Waals surface area contributed by atoms with Gasteiger partial charge in [-0.1, -0.05) is 77.6 Å². The van der Waals surface area contributed by atoms with Gasteiger partial charge in [0, 0.05) is 12.5 Å². The van der Waals surface area contributed by atoms with Crippen molar-refractivity contribution >= 4 is 5.97 Å². The van der Waals surface area contributed by atoms with Crippen molar-refractivity contribution in [1.82, 2.24) is 5.32 Å². The Morgan fingerprint density at radius 3 is 1.62 bits per heavy atom. The Morgan fingerprint density at radius 2 is 1.19 bits per heavy atom. The molecule has 0 aromatic carbocycles. The van der Waals surface area contributed by atoms with Crippen LogP contribution in [0.3, 0.4) is 0 Å². The van der Waals surface area contributed by atoms with E-state index in [1.165, 1.54) is 70.6 Å². The fourth-order valence-electron chi connectivity index (χ4n) is 2.41. The zero-order chi connectivity index (χ0) is 14.9. The van der Waals surface area contributed by atoms with Gasteiger partial charge >= 0.3 is 51.4 Å². The number of unbranched alkanes of at least 4 members (excludes halogenated alkanes) is 11. The Morgan fingerprint density at radius 1 is 0.762 bits per heavy atom. The summed E-state index contributed by atoms with van der Waals surface area (Å²) in [6, 6.07) is 0. The van der Waals surface area contributed by atoms with Crippen LogP contribution in [0.4, 0.5) is 0 Å². The quantitative estimate of drug-likeness (QED) is 0.331. The van der Waals surface area contributed by atoms with Gasteiger partial charge in [0.2, 0.25) is 0 Å². The standard InChI is InChI=1S/C17H35NO2.K/c1-2-3-4-5-6-7-8-9-10-11-12-13-15-18-16-14-17(19)20;/h18H,2-16H2,1H3,(H,19,20);/q;+1/p-1. The van der Waals surface area contributed by atoms with Crippen LogP contribution in [0.25, 0.3) is 0 Å². The summed E-state index contributed by atoms with van der Waals surface area (Å²) < 4.78 is 0. The average Bonchev–Trinajstić information content (AvgIpc) is 2.43. The molecule has 0 spiro atoms. The molecule has 0 saturated heterocycles. The third-order valence-electron chi connectivity index (χ3n) is 3.71. The number of hydrogen-bond donors (Lipinski definition) is 1. The van der Waals surface area contributed by atoms with E-state index in [1.807, 2.05) is 0 Å². The van der Waals surface area contributed by atoms with Gasteiger partial charge in [0.15, 0.2) is 0 Å². The molecule has 0 aliphatic rings. The van der Waals surface area contributed by atoms with Gasteiger partial charge < -0.3 is 15.2 Å². The molecule has 0 unspecified atom stereocenters. The summed E-state index contributed by atoms with van der Waals surface area (Å²) in [7, 11) is 0. The first-order valence-electron chi connectivity index (χ1n) is 8.68. The summed E-state index contributed by atoms with van der Waals surface area (Å²) in [5, 5.41) is 13.3. The van der Waals surface area contributed by atoms with Crippen LogP contribution >= 0.6 is 0 Å². The van der Waals surface area contributed by atoms with Crippen LogP contribution in [-0.2, 0) is 4.79 Å². The molecule has 21 heavy (non-hydrogen) atoms. The van der Waals surface area contributed by atoms with E-state index in [0.29, 0.717) is 6.54 Å². The molecular weight excluding hydrogens is 289 g/mol. The summed E-state index contributed by atoms with van der Waals surface area (Å²) in [6.45, 7) is 3.74. The van der Waals surface area contributed by atoms with E-state index in [-0.39, 0.29) is 57.8 Å². The molecule has 0 radical (unpaired) electrons. The zero-order valence-corrected chi connectivity index (χ0v) is 17.5. The van der Waals surface area contributed by atoms with Gasteiger partial charge in [0.05, 0.1) is 0 Å². The van der Waals surface area contributed by atoms with Crippen LogP contribution in [0.5, 0.6) is 0 Å². The van der Waals surface area contributed by atoms with Crippen LogP contribution in [-0.4, -0.2) is 19.1 Å². The van der Waals surface area contributed by atoms with Crippen molar-refractivity contribution < 1.29 is 61.3 Å². The molecule has 0 bridgehead atoms. The first-order valence-corrected chi connectivity index (χ1v) is 8.68. The number of rotatable bonds is 16.